The van der Waals surface area contributed by atoms with Crippen LogP contribution in [0.25, 0.3) is 0 Å². The fourth-order valence-electron chi connectivity index (χ4n) is 3.75. The molecule has 1 fully saturated rings. The second-order valence-corrected chi connectivity index (χ2v) is 8.64. The van der Waals surface area contributed by atoms with E-state index in [1.54, 1.807) is 0 Å². The fourth-order valence-corrected chi connectivity index (χ4v) is 3.75. The highest BCUT2D eigenvalue weighted by molar-refractivity contribution is 5.92. The number of rotatable bonds is 2. The van der Waals surface area contributed by atoms with Gasteiger partial charge in [-0.2, -0.15) is 5.10 Å². The molecule has 2 aliphatic rings. The van der Waals surface area contributed by atoms with E-state index < -0.39 is 0 Å². The largest absolute Gasteiger partial charge is 0.332 e. The Labute approximate surface area is 160 Å². The summed E-state index contributed by atoms with van der Waals surface area (Å²) in [5.41, 5.74) is 3.53. The molecular weight excluding hydrogens is 340 g/mol. The highest BCUT2D eigenvalue weighted by atomic mass is 16.2. The van der Waals surface area contributed by atoms with Crippen LogP contribution in [0.1, 0.15) is 72.8 Å². The summed E-state index contributed by atoms with van der Waals surface area (Å²) in [7, 11) is 0. The highest BCUT2D eigenvalue weighted by Gasteiger charge is 2.27. The second-order valence-electron chi connectivity index (χ2n) is 8.64. The lowest BCUT2D eigenvalue weighted by Crippen LogP contribution is -2.37. The van der Waals surface area contributed by atoms with Gasteiger partial charge < -0.3 is 10.2 Å². The zero-order valence-corrected chi connectivity index (χ0v) is 16.4. The van der Waals surface area contributed by atoms with Gasteiger partial charge in [0.2, 0.25) is 0 Å². The van der Waals surface area contributed by atoms with Crippen molar-refractivity contribution in [1.82, 2.24) is 30.4 Å². The first kappa shape index (κ1) is 18.1. The standard InChI is InChI=1S/C20H28N6O/c1-20(2,3)17-9-16(24-25-17)19(27)26-8-6-15-14(12-26)11-22-18(23-15)13-5-4-7-21-10-13/h9,11,13,21H,4-8,10,12H2,1-3H3,(H,24,25). The van der Waals surface area contributed by atoms with Crippen LogP contribution in [-0.2, 0) is 18.4 Å². The molecule has 27 heavy (non-hydrogen) atoms. The molecule has 2 aliphatic heterocycles. The topological polar surface area (TPSA) is 86.8 Å². The predicted octanol–water partition coefficient (Wildman–Crippen LogP) is 2.16. The van der Waals surface area contributed by atoms with Crippen LogP contribution in [0.15, 0.2) is 12.3 Å². The van der Waals surface area contributed by atoms with Gasteiger partial charge in [0.1, 0.15) is 11.5 Å². The molecular formula is C20H28N6O. The second kappa shape index (κ2) is 7.03. The molecule has 0 radical (unpaired) electrons. The van der Waals surface area contributed by atoms with E-state index in [0.29, 0.717) is 24.7 Å². The molecule has 0 aliphatic carbocycles. The van der Waals surface area contributed by atoms with E-state index in [1.165, 1.54) is 6.42 Å². The van der Waals surface area contributed by atoms with Crippen molar-refractivity contribution in [3.8, 4) is 0 Å². The van der Waals surface area contributed by atoms with E-state index in [-0.39, 0.29) is 11.3 Å². The summed E-state index contributed by atoms with van der Waals surface area (Å²) >= 11 is 0. The van der Waals surface area contributed by atoms with Crippen molar-refractivity contribution in [3.63, 3.8) is 0 Å². The summed E-state index contributed by atoms with van der Waals surface area (Å²) in [6.45, 7) is 9.56. The van der Waals surface area contributed by atoms with Crippen LogP contribution in [0.2, 0.25) is 0 Å². The average molecular weight is 368 g/mol. The number of aromatic nitrogens is 4. The van der Waals surface area contributed by atoms with Gasteiger partial charge in [-0.25, -0.2) is 9.97 Å². The third-order valence-electron chi connectivity index (χ3n) is 5.51. The van der Waals surface area contributed by atoms with Crippen molar-refractivity contribution in [1.29, 1.82) is 0 Å². The lowest BCUT2D eigenvalue weighted by molar-refractivity contribution is 0.0727. The minimum Gasteiger partial charge on any atom is -0.332 e. The number of nitrogens with zero attached hydrogens (tertiary/aromatic N) is 4. The number of carbonyl (C=O) groups is 1. The van der Waals surface area contributed by atoms with Crippen molar-refractivity contribution in [2.45, 2.75) is 57.9 Å². The Balaban J connectivity index is 1.48. The third-order valence-corrected chi connectivity index (χ3v) is 5.51. The molecule has 144 valence electrons. The number of piperidine rings is 1. The maximum absolute atomic E-state index is 12.9. The first-order valence-electron chi connectivity index (χ1n) is 9.82. The van der Waals surface area contributed by atoms with Gasteiger partial charge in [0, 0.05) is 54.8 Å². The van der Waals surface area contributed by atoms with Gasteiger partial charge in [0.05, 0.1) is 5.69 Å². The molecule has 2 aromatic rings. The summed E-state index contributed by atoms with van der Waals surface area (Å²) in [5.74, 6) is 1.32. The quantitative estimate of drug-likeness (QED) is 0.848. The monoisotopic (exact) mass is 368 g/mol. The molecule has 0 aromatic carbocycles. The van der Waals surface area contributed by atoms with Crippen LogP contribution in [-0.4, -0.2) is 50.6 Å². The molecule has 2 N–H and O–H groups in total. The number of nitrogens with one attached hydrogen (secondary N) is 2. The molecule has 0 bridgehead atoms. The fraction of sp³-hybridized carbons (Fsp3) is 0.600. The molecule has 4 heterocycles. The van der Waals surface area contributed by atoms with Crippen LogP contribution in [0.3, 0.4) is 0 Å². The summed E-state index contributed by atoms with van der Waals surface area (Å²) in [5, 5.41) is 10.7. The molecule has 1 amide bonds. The number of carbonyl (C=O) groups excluding carboxylic acids is 1. The van der Waals surface area contributed by atoms with Gasteiger partial charge in [0.25, 0.3) is 5.91 Å². The van der Waals surface area contributed by atoms with Gasteiger partial charge in [-0.15, -0.1) is 0 Å². The minimum absolute atomic E-state index is 0.0343. The number of H-pyrrole nitrogens is 1. The SMILES string of the molecule is CC(C)(C)c1cc(C(=O)N2CCc3nc(C4CCCNC4)ncc3C2)n[nH]1. The molecule has 1 saturated heterocycles. The number of hydrogen-bond donors (Lipinski definition) is 2. The van der Waals surface area contributed by atoms with Crippen molar-refractivity contribution in [3.05, 3.63) is 40.7 Å². The van der Waals surface area contributed by atoms with E-state index in [2.05, 4.69) is 41.3 Å². The molecule has 7 nitrogen and oxygen atoms in total. The number of amides is 1. The summed E-state index contributed by atoms with van der Waals surface area (Å²) in [6, 6.07) is 1.87. The Bertz CT molecular complexity index is 831. The Morgan fingerprint density at radius 3 is 2.89 bits per heavy atom. The number of hydrogen-bond acceptors (Lipinski definition) is 5. The highest BCUT2D eigenvalue weighted by Crippen LogP contribution is 2.25. The van der Waals surface area contributed by atoms with Crippen LogP contribution in [0, 0.1) is 0 Å². The maximum atomic E-state index is 12.9. The number of fused-ring (bicyclic) bond motifs is 1. The molecule has 0 spiro atoms. The Morgan fingerprint density at radius 1 is 1.33 bits per heavy atom. The van der Waals surface area contributed by atoms with Crippen molar-refractivity contribution in [2.75, 3.05) is 19.6 Å². The van der Waals surface area contributed by atoms with Gasteiger partial charge in [0.15, 0.2) is 0 Å². The van der Waals surface area contributed by atoms with Gasteiger partial charge in [-0.05, 0) is 25.5 Å². The Hall–Kier alpha value is -2.28. The average Bonchev–Trinajstić information content (AvgIpc) is 3.18. The molecule has 7 heteroatoms. The summed E-state index contributed by atoms with van der Waals surface area (Å²) in [4.78, 5) is 24.1. The molecule has 0 saturated carbocycles. The van der Waals surface area contributed by atoms with Gasteiger partial charge in [-0.1, -0.05) is 20.8 Å². The van der Waals surface area contributed by atoms with Crippen LogP contribution < -0.4 is 5.32 Å². The first-order valence-corrected chi connectivity index (χ1v) is 9.82. The zero-order valence-electron chi connectivity index (χ0n) is 16.4. The smallest absolute Gasteiger partial charge is 0.274 e. The third kappa shape index (κ3) is 3.74. The minimum atomic E-state index is -0.0573. The van der Waals surface area contributed by atoms with E-state index in [4.69, 9.17) is 4.98 Å². The first-order chi connectivity index (χ1) is 12.9. The van der Waals surface area contributed by atoms with Crippen LogP contribution in [0.5, 0.6) is 0 Å². The van der Waals surface area contributed by atoms with Crippen molar-refractivity contribution in [2.24, 2.45) is 0 Å². The lowest BCUT2D eigenvalue weighted by atomic mass is 9.92. The molecule has 1 atom stereocenters. The Kier molecular flexibility index (Phi) is 4.72. The van der Waals surface area contributed by atoms with Crippen LogP contribution >= 0.6 is 0 Å². The van der Waals surface area contributed by atoms with E-state index >= 15 is 0 Å². The van der Waals surface area contributed by atoms with Gasteiger partial charge in [-0.3, -0.25) is 9.89 Å². The summed E-state index contributed by atoms with van der Waals surface area (Å²) in [6.07, 6.45) is 5.00. The lowest BCUT2D eigenvalue weighted by Gasteiger charge is -2.28. The van der Waals surface area contributed by atoms with E-state index in [1.807, 2.05) is 17.2 Å². The summed E-state index contributed by atoms with van der Waals surface area (Å²) < 4.78 is 0. The number of aromatic amines is 1. The molecule has 1 unspecified atom stereocenters. The molecule has 4 rings (SSSR count). The normalized spacial score (nSPS) is 20.4. The van der Waals surface area contributed by atoms with Crippen LogP contribution in [0.4, 0.5) is 0 Å². The maximum Gasteiger partial charge on any atom is 0.274 e. The van der Waals surface area contributed by atoms with E-state index in [9.17, 15) is 4.79 Å². The van der Waals surface area contributed by atoms with Gasteiger partial charge >= 0.3 is 0 Å². The Morgan fingerprint density at radius 2 is 2.19 bits per heavy atom. The molecule has 2 aromatic heterocycles. The van der Waals surface area contributed by atoms with E-state index in [0.717, 1.165) is 48.7 Å². The predicted molar refractivity (Wildman–Crippen MR) is 103 cm³/mol. The van der Waals surface area contributed by atoms with Crippen molar-refractivity contribution >= 4 is 5.91 Å². The van der Waals surface area contributed by atoms with Crippen molar-refractivity contribution < 1.29 is 4.79 Å². The zero-order chi connectivity index (χ0) is 19.0.